The lowest BCUT2D eigenvalue weighted by Crippen LogP contribution is -2.34. The van der Waals surface area contributed by atoms with Crippen LogP contribution in [0.5, 0.6) is 0 Å². The monoisotopic (exact) mass is 398 g/mol. The summed E-state index contributed by atoms with van der Waals surface area (Å²) in [5.41, 5.74) is 0. The van der Waals surface area contributed by atoms with Crippen molar-refractivity contribution in [3.8, 4) is 0 Å². The Morgan fingerprint density at radius 1 is 0.690 bits per heavy atom. The van der Waals surface area contributed by atoms with Crippen molar-refractivity contribution < 1.29 is 4.42 Å². The minimum atomic E-state index is 1.05. The van der Waals surface area contributed by atoms with E-state index in [1.54, 1.807) is 32.0 Å². The van der Waals surface area contributed by atoms with Crippen molar-refractivity contribution in [2.75, 3.05) is 0 Å². The molecule has 2 aliphatic heterocycles. The Balaban J connectivity index is 1.05. The summed E-state index contributed by atoms with van der Waals surface area (Å²) in [4.78, 5) is 0. The summed E-state index contributed by atoms with van der Waals surface area (Å²) in [6.45, 7) is 3.16. The maximum Gasteiger partial charge on any atom is 0.146 e. The van der Waals surface area contributed by atoms with Gasteiger partial charge in [0.2, 0.25) is 0 Å². The van der Waals surface area contributed by atoms with Gasteiger partial charge in [-0.05, 0) is 25.5 Å². The van der Waals surface area contributed by atoms with Crippen LogP contribution in [0.1, 0.15) is 127 Å². The van der Waals surface area contributed by atoms with Gasteiger partial charge in [-0.1, -0.05) is 127 Å². The van der Waals surface area contributed by atoms with Crippen LogP contribution in [0.2, 0.25) is 18.0 Å². The summed E-state index contributed by atoms with van der Waals surface area (Å²) in [6.07, 6.45) is 29.4. The molecular weight excluding hydrogens is 351 g/mol. The molecule has 29 heavy (non-hydrogen) atoms. The van der Waals surface area contributed by atoms with E-state index in [2.05, 4.69) is 12.1 Å². The molecule has 0 saturated carbocycles. The SMILES string of the molecule is Cc1ccc(CCCCCCCCCCCCCCB2C3CCCC2CCC3)o1. The first kappa shape index (κ1) is 23.0. The molecule has 0 amide bonds. The maximum atomic E-state index is 5.64. The van der Waals surface area contributed by atoms with Gasteiger partial charge in [0.25, 0.3) is 0 Å². The van der Waals surface area contributed by atoms with Crippen LogP contribution < -0.4 is 0 Å². The van der Waals surface area contributed by atoms with E-state index in [0.717, 1.165) is 30.5 Å². The van der Waals surface area contributed by atoms with Crippen molar-refractivity contribution in [1.82, 2.24) is 0 Å². The summed E-state index contributed by atoms with van der Waals surface area (Å²) in [7, 11) is 0. The molecule has 3 rings (SSSR count). The van der Waals surface area contributed by atoms with E-state index in [4.69, 9.17) is 4.42 Å². The molecule has 0 spiro atoms. The lowest BCUT2D eigenvalue weighted by atomic mass is 9.26. The van der Waals surface area contributed by atoms with Crippen molar-refractivity contribution >= 4 is 6.71 Å². The fourth-order valence-corrected chi connectivity index (χ4v) is 6.35. The minimum absolute atomic E-state index is 1.05. The summed E-state index contributed by atoms with van der Waals surface area (Å²) in [5.74, 6) is 4.46. The molecule has 2 aliphatic rings. The van der Waals surface area contributed by atoms with Gasteiger partial charge in [-0.25, -0.2) is 0 Å². The molecule has 0 N–H and O–H groups in total. The predicted octanol–water partition coefficient (Wildman–Crippen LogP) is 9.41. The zero-order chi connectivity index (χ0) is 20.2. The summed E-state index contributed by atoms with van der Waals surface area (Å²) < 4.78 is 5.64. The first-order valence-corrected chi connectivity index (χ1v) is 13.4. The molecule has 2 saturated heterocycles. The average molecular weight is 398 g/mol. The van der Waals surface area contributed by atoms with Gasteiger partial charge in [-0.3, -0.25) is 0 Å². The van der Waals surface area contributed by atoms with Crippen molar-refractivity contribution in [2.45, 2.75) is 147 Å². The smallest absolute Gasteiger partial charge is 0.146 e. The van der Waals surface area contributed by atoms with Crippen LogP contribution in [0.25, 0.3) is 0 Å². The van der Waals surface area contributed by atoms with Gasteiger partial charge in [-0.15, -0.1) is 0 Å². The lowest BCUT2D eigenvalue weighted by molar-refractivity contribution is 0.439. The Kier molecular flexibility index (Phi) is 10.8. The minimum Gasteiger partial charge on any atom is -0.466 e. The summed E-state index contributed by atoms with van der Waals surface area (Å²) >= 11 is 0. The van der Waals surface area contributed by atoms with E-state index >= 15 is 0 Å². The Hall–Kier alpha value is -0.655. The van der Waals surface area contributed by atoms with Gasteiger partial charge in [0.05, 0.1) is 0 Å². The normalized spacial score (nSPS) is 21.6. The Bertz CT molecular complexity index is 514. The van der Waals surface area contributed by atoms with Crippen molar-refractivity contribution in [1.29, 1.82) is 0 Å². The number of unbranched alkanes of at least 4 members (excludes halogenated alkanes) is 11. The topological polar surface area (TPSA) is 13.1 Å². The lowest BCUT2D eigenvalue weighted by Gasteiger charge is -2.40. The summed E-state index contributed by atoms with van der Waals surface area (Å²) in [5, 5.41) is 0. The maximum absolute atomic E-state index is 5.64. The second kappa shape index (κ2) is 13.6. The molecule has 1 aromatic rings. The molecule has 0 aromatic carbocycles. The molecule has 0 aliphatic carbocycles. The van der Waals surface area contributed by atoms with Gasteiger partial charge in [0, 0.05) is 6.42 Å². The van der Waals surface area contributed by atoms with Gasteiger partial charge in [-0.2, -0.15) is 0 Å². The van der Waals surface area contributed by atoms with Gasteiger partial charge >= 0.3 is 0 Å². The standard InChI is InChI=1S/C27H47BO/c1-24-21-22-27(29-24)20-12-10-8-6-4-2-3-5-7-9-11-13-23-28-25-16-14-17-26(28)19-15-18-25/h21-22,25-26H,2-20,23H2,1H3. The molecule has 3 heterocycles. The highest BCUT2D eigenvalue weighted by Gasteiger charge is 2.37. The zero-order valence-corrected chi connectivity index (χ0v) is 19.4. The molecule has 0 radical (unpaired) electrons. The van der Waals surface area contributed by atoms with Crippen LogP contribution in [0.15, 0.2) is 16.5 Å². The highest BCUT2D eigenvalue weighted by atomic mass is 16.3. The van der Waals surface area contributed by atoms with Crippen LogP contribution in [-0.4, -0.2) is 6.71 Å². The third-order valence-electron chi connectivity index (χ3n) is 8.02. The van der Waals surface area contributed by atoms with Crippen LogP contribution in [0, 0.1) is 6.92 Å². The summed E-state index contributed by atoms with van der Waals surface area (Å²) in [6, 6.07) is 4.22. The van der Waals surface area contributed by atoms with Gasteiger partial charge in [0.15, 0.2) is 0 Å². The predicted molar refractivity (Wildman–Crippen MR) is 128 cm³/mol. The third-order valence-corrected chi connectivity index (χ3v) is 8.02. The highest BCUT2D eigenvalue weighted by molar-refractivity contribution is 6.62. The van der Waals surface area contributed by atoms with Crippen molar-refractivity contribution in [2.24, 2.45) is 0 Å². The first-order valence-electron chi connectivity index (χ1n) is 13.4. The van der Waals surface area contributed by atoms with E-state index in [0.29, 0.717) is 0 Å². The second-order valence-corrected chi connectivity index (χ2v) is 10.3. The van der Waals surface area contributed by atoms with Gasteiger partial charge in [0.1, 0.15) is 18.2 Å². The zero-order valence-electron chi connectivity index (χ0n) is 19.4. The highest BCUT2D eigenvalue weighted by Crippen LogP contribution is 2.48. The number of aryl methyl sites for hydroxylation is 2. The van der Waals surface area contributed by atoms with Crippen LogP contribution in [0.4, 0.5) is 0 Å². The Morgan fingerprint density at radius 3 is 1.66 bits per heavy atom. The molecule has 1 nitrogen and oxygen atoms in total. The molecule has 1 aromatic heterocycles. The van der Waals surface area contributed by atoms with E-state index < -0.39 is 0 Å². The van der Waals surface area contributed by atoms with E-state index in [1.165, 1.54) is 95.7 Å². The van der Waals surface area contributed by atoms with Crippen LogP contribution in [0.3, 0.4) is 0 Å². The molecule has 2 heteroatoms. The average Bonchev–Trinajstić information content (AvgIpc) is 3.13. The van der Waals surface area contributed by atoms with Crippen molar-refractivity contribution in [3.63, 3.8) is 0 Å². The molecule has 0 unspecified atom stereocenters. The molecule has 2 fully saturated rings. The Labute approximate surface area is 181 Å². The molecule has 2 bridgehead atoms. The number of fused-ring (bicyclic) bond motifs is 2. The van der Waals surface area contributed by atoms with Crippen molar-refractivity contribution in [3.05, 3.63) is 23.7 Å². The fraction of sp³-hybridized carbons (Fsp3) is 0.852. The number of furan rings is 1. The molecular formula is C27H47BO. The largest absolute Gasteiger partial charge is 0.466 e. The quantitative estimate of drug-likeness (QED) is 0.212. The number of rotatable bonds is 15. The third kappa shape index (κ3) is 8.54. The first-order chi connectivity index (χ1) is 14.3. The Morgan fingerprint density at radius 2 is 1.17 bits per heavy atom. The number of hydrogen-bond donors (Lipinski definition) is 0. The van der Waals surface area contributed by atoms with Crippen LogP contribution in [-0.2, 0) is 6.42 Å². The second-order valence-electron chi connectivity index (χ2n) is 10.3. The fourth-order valence-electron chi connectivity index (χ4n) is 6.35. The van der Waals surface area contributed by atoms with Gasteiger partial charge < -0.3 is 4.42 Å². The molecule has 164 valence electrons. The molecule has 0 atom stereocenters. The van der Waals surface area contributed by atoms with Crippen LogP contribution >= 0.6 is 0 Å². The van der Waals surface area contributed by atoms with E-state index in [9.17, 15) is 0 Å². The van der Waals surface area contributed by atoms with E-state index in [-0.39, 0.29) is 0 Å². The van der Waals surface area contributed by atoms with E-state index in [1.807, 2.05) is 6.92 Å². The number of hydrogen-bond acceptors (Lipinski definition) is 1.